The molecule has 4 aromatic rings. The van der Waals surface area contributed by atoms with E-state index in [1.165, 1.54) is 5.56 Å². The third kappa shape index (κ3) is 5.88. The lowest BCUT2D eigenvalue weighted by Crippen LogP contribution is -2.33. The number of benzene rings is 3. The highest BCUT2D eigenvalue weighted by molar-refractivity contribution is 5.98. The Balaban J connectivity index is 1.44. The number of nitrogens with zero attached hydrogens (tertiary/aromatic N) is 4. The molecule has 2 heterocycles. The van der Waals surface area contributed by atoms with Crippen LogP contribution in [0.3, 0.4) is 0 Å². The summed E-state index contributed by atoms with van der Waals surface area (Å²) in [5.41, 5.74) is 6.11. The molecule has 1 aliphatic rings. The minimum Gasteiger partial charge on any atom is -0.490 e. The van der Waals surface area contributed by atoms with Crippen molar-refractivity contribution in [2.45, 2.75) is 33.1 Å². The number of hydrogen-bond acceptors (Lipinski definition) is 7. The standard InChI is InChI=1S/C33H39N6O2/c1-7-22(3)26-20-25(10-12-28(26)38(5)8-2)41-30-14-9-24(19-23(30)4)37-33-31-27(35-21-36-33)11-13-29(32(31)40-6)39-17-15-34-16-18-39/h8-14,17,19-22,34H,2,7,15-16,18H2,1,3-6H3,(H,35,36,37)/q+1. The predicted octanol–water partition coefficient (Wildman–Crippen LogP) is 6.89. The molecule has 8 nitrogen and oxygen atoms in total. The van der Waals surface area contributed by atoms with Gasteiger partial charge >= 0.3 is 0 Å². The van der Waals surface area contributed by atoms with E-state index >= 15 is 0 Å². The van der Waals surface area contributed by atoms with Crippen LogP contribution in [0.25, 0.3) is 10.9 Å². The van der Waals surface area contributed by atoms with E-state index in [0.29, 0.717) is 11.7 Å². The van der Waals surface area contributed by atoms with E-state index in [1.54, 1.807) is 13.4 Å². The maximum atomic E-state index is 6.38. The number of methoxy groups -OCH3 is 1. The summed E-state index contributed by atoms with van der Waals surface area (Å²) in [6, 6.07) is 16.4. The highest BCUT2D eigenvalue weighted by Gasteiger charge is 2.23. The van der Waals surface area contributed by atoms with Crippen LogP contribution in [-0.4, -0.2) is 54.5 Å². The van der Waals surface area contributed by atoms with Crippen molar-refractivity contribution in [2.24, 2.45) is 0 Å². The van der Waals surface area contributed by atoms with Crippen LogP contribution in [0.5, 0.6) is 17.2 Å². The van der Waals surface area contributed by atoms with Gasteiger partial charge in [-0.25, -0.2) is 9.97 Å². The minimum atomic E-state index is 0.397. The molecule has 0 saturated carbocycles. The summed E-state index contributed by atoms with van der Waals surface area (Å²) in [6.07, 6.45) is 6.59. The Labute approximate surface area is 242 Å². The smallest absolute Gasteiger partial charge is 0.248 e. The summed E-state index contributed by atoms with van der Waals surface area (Å²) < 4.78 is 14.5. The van der Waals surface area contributed by atoms with Crippen molar-refractivity contribution in [2.75, 3.05) is 44.0 Å². The fourth-order valence-electron chi connectivity index (χ4n) is 5.16. The molecule has 0 aliphatic carbocycles. The topological polar surface area (TPSA) is 74.5 Å². The van der Waals surface area contributed by atoms with E-state index in [4.69, 9.17) is 9.47 Å². The summed E-state index contributed by atoms with van der Waals surface area (Å²) in [5, 5.41) is 7.70. The number of hydrogen-bond donors (Lipinski definition) is 2. The van der Waals surface area contributed by atoms with Gasteiger partial charge in [0.2, 0.25) is 11.4 Å². The number of fused-ring (bicyclic) bond motifs is 1. The fraction of sp³-hybridized carbons (Fsp3) is 0.303. The van der Waals surface area contributed by atoms with Gasteiger partial charge < -0.3 is 25.0 Å². The molecule has 1 unspecified atom stereocenters. The Morgan fingerprint density at radius 3 is 2.73 bits per heavy atom. The number of aromatic nitrogens is 2. The zero-order chi connectivity index (χ0) is 28.9. The van der Waals surface area contributed by atoms with Crippen molar-refractivity contribution in [1.82, 2.24) is 15.3 Å². The number of aryl methyl sites for hydroxylation is 1. The first-order chi connectivity index (χ1) is 19.9. The molecule has 1 aromatic heterocycles. The van der Waals surface area contributed by atoms with Gasteiger partial charge in [0.1, 0.15) is 23.6 Å². The van der Waals surface area contributed by atoms with Crippen LogP contribution < -0.4 is 25.0 Å². The summed E-state index contributed by atoms with van der Waals surface area (Å²) in [4.78, 5) is 11.1. The maximum Gasteiger partial charge on any atom is 0.248 e. The monoisotopic (exact) mass is 551 g/mol. The van der Waals surface area contributed by atoms with Crippen LogP contribution in [-0.2, 0) is 0 Å². The van der Waals surface area contributed by atoms with E-state index in [2.05, 4.69) is 76.1 Å². The number of anilines is 3. The van der Waals surface area contributed by atoms with Gasteiger partial charge in [0.25, 0.3) is 0 Å². The summed E-state index contributed by atoms with van der Waals surface area (Å²) in [6.45, 7) is 13.0. The Hall–Kier alpha value is -4.43. The lowest BCUT2D eigenvalue weighted by molar-refractivity contribution is -0.438. The van der Waals surface area contributed by atoms with Gasteiger partial charge in [-0.05, 0) is 79.1 Å². The highest BCUT2D eigenvalue weighted by Crippen LogP contribution is 2.40. The average molecular weight is 552 g/mol. The lowest BCUT2D eigenvalue weighted by atomic mass is 9.96. The molecule has 1 aliphatic heterocycles. The molecule has 0 radical (unpaired) electrons. The van der Waals surface area contributed by atoms with E-state index in [9.17, 15) is 0 Å². The number of rotatable bonds is 10. The maximum absolute atomic E-state index is 6.38. The zero-order valence-corrected chi connectivity index (χ0v) is 24.6. The first-order valence-corrected chi connectivity index (χ1v) is 14.1. The van der Waals surface area contributed by atoms with Crippen LogP contribution in [0.4, 0.5) is 22.9 Å². The Bertz CT molecular complexity index is 1600. The van der Waals surface area contributed by atoms with Crippen molar-refractivity contribution in [3.8, 4) is 17.2 Å². The second kappa shape index (κ2) is 12.4. The first-order valence-electron chi connectivity index (χ1n) is 14.1. The molecule has 5 rings (SSSR count). The van der Waals surface area contributed by atoms with E-state index in [0.717, 1.165) is 76.8 Å². The normalized spacial score (nSPS) is 13.8. The molecule has 0 spiro atoms. The van der Waals surface area contributed by atoms with Gasteiger partial charge in [0.15, 0.2) is 12.8 Å². The molecule has 3 aromatic carbocycles. The van der Waals surface area contributed by atoms with Crippen molar-refractivity contribution in [3.05, 3.63) is 78.8 Å². The molecule has 0 fully saturated rings. The van der Waals surface area contributed by atoms with Crippen LogP contribution in [0.1, 0.15) is 37.3 Å². The van der Waals surface area contributed by atoms with E-state index in [-0.39, 0.29) is 0 Å². The number of ether oxygens (including phenoxy) is 2. The first kappa shape index (κ1) is 28.1. The molecule has 1 atom stereocenters. The quantitative estimate of drug-likeness (QED) is 0.208. The highest BCUT2D eigenvalue weighted by atomic mass is 16.5. The molecule has 41 heavy (non-hydrogen) atoms. The van der Waals surface area contributed by atoms with Gasteiger partial charge in [-0.15, -0.1) is 0 Å². The molecule has 2 N–H and O–H groups in total. The molecule has 0 amide bonds. The van der Waals surface area contributed by atoms with Gasteiger partial charge in [-0.2, -0.15) is 4.58 Å². The molecule has 0 bridgehead atoms. The molecular formula is C33H39N6O2+. The second-order valence-corrected chi connectivity index (χ2v) is 10.3. The molecule has 0 saturated heterocycles. The van der Waals surface area contributed by atoms with Crippen molar-refractivity contribution >= 4 is 40.0 Å². The van der Waals surface area contributed by atoms with Gasteiger partial charge in [0.05, 0.1) is 31.1 Å². The van der Waals surface area contributed by atoms with Crippen LogP contribution in [0.15, 0.2) is 67.6 Å². The molecule has 212 valence electrons. The summed E-state index contributed by atoms with van der Waals surface area (Å²) in [7, 11) is 3.72. The third-order valence-electron chi connectivity index (χ3n) is 7.70. The Morgan fingerprint density at radius 2 is 2.02 bits per heavy atom. The van der Waals surface area contributed by atoms with Crippen molar-refractivity contribution in [1.29, 1.82) is 0 Å². The SMILES string of the molecule is C=CN(C)c1ccc(Oc2ccc(Nc3ncnc4ccc([N+]5=CCNCC5)c(OC)c34)cc2C)cc1C(C)CC. The van der Waals surface area contributed by atoms with E-state index in [1.807, 2.05) is 49.3 Å². The summed E-state index contributed by atoms with van der Waals surface area (Å²) in [5.74, 6) is 3.46. The average Bonchev–Trinajstić information content (AvgIpc) is 3.01. The van der Waals surface area contributed by atoms with Gasteiger partial charge in [-0.3, -0.25) is 0 Å². The minimum absolute atomic E-state index is 0.397. The third-order valence-corrected chi connectivity index (χ3v) is 7.70. The number of nitrogens with one attached hydrogen (secondary N) is 2. The van der Waals surface area contributed by atoms with Gasteiger partial charge in [-0.1, -0.05) is 20.4 Å². The van der Waals surface area contributed by atoms with Crippen molar-refractivity contribution in [3.63, 3.8) is 0 Å². The van der Waals surface area contributed by atoms with Crippen molar-refractivity contribution < 1.29 is 14.0 Å². The van der Waals surface area contributed by atoms with Crippen LogP contribution >= 0.6 is 0 Å². The van der Waals surface area contributed by atoms with Crippen LogP contribution in [0, 0.1) is 6.92 Å². The molecular weight excluding hydrogens is 512 g/mol. The van der Waals surface area contributed by atoms with Gasteiger partial charge in [0, 0.05) is 24.5 Å². The fourth-order valence-corrected chi connectivity index (χ4v) is 5.16. The Kier molecular flexibility index (Phi) is 8.50. The summed E-state index contributed by atoms with van der Waals surface area (Å²) >= 11 is 0. The predicted molar refractivity (Wildman–Crippen MR) is 168 cm³/mol. The van der Waals surface area contributed by atoms with Crippen LogP contribution in [0.2, 0.25) is 0 Å². The Morgan fingerprint density at radius 1 is 1.17 bits per heavy atom. The van der Waals surface area contributed by atoms with E-state index < -0.39 is 0 Å². The zero-order valence-electron chi connectivity index (χ0n) is 24.6. The lowest BCUT2D eigenvalue weighted by Gasteiger charge is -2.22. The second-order valence-electron chi connectivity index (χ2n) is 10.3. The molecule has 8 heteroatoms. The largest absolute Gasteiger partial charge is 0.490 e.